The molecule has 0 spiro atoms. The first-order valence-corrected chi connectivity index (χ1v) is 7.22. The first kappa shape index (κ1) is 17.8. The van der Waals surface area contributed by atoms with Crippen molar-refractivity contribution in [3.8, 4) is 5.75 Å². The third-order valence-electron chi connectivity index (χ3n) is 3.35. The predicted molar refractivity (Wildman–Crippen MR) is 76.6 cm³/mol. The summed E-state index contributed by atoms with van der Waals surface area (Å²) in [7, 11) is 0. The minimum atomic E-state index is -1.64. The Morgan fingerprint density at radius 1 is 1.08 bits per heavy atom. The summed E-state index contributed by atoms with van der Waals surface area (Å²) in [5.74, 6) is -7.83. The van der Waals surface area contributed by atoms with Crippen LogP contribution in [0.4, 0.5) is 17.6 Å². The highest BCUT2D eigenvalue weighted by Gasteiger charge is 2.22. The number of ether oxygens (including phenoxy) is 1. The van der Waals surface area contributed by atoms with Crippen LogP contribution in [0.2, 0.25) is 0 Å². The van der Waals surface area contributed by atoms with E-state index in [2.05, 4.69) is 0 Å². The zero-order valence-corrected chi connectivity index (χ0v) is 13.0. The number of rotatable bonds is 6. The Morgan fingerprint density at radius 2 is 1.67 bits per heavy atom. The van der Waals surface area contributed by atoms with Gasteiger partial charge in [0.15, 0.2) is 23.1 Å². The summed E-state index contributed by atoms with van der Waals surface area (Å²) in [5.41, 5.74) is 0. The van der Waals surface area contributed by atoms with Gasteiger partial charge in [-0.05, 0) is 26.0 Å². The van der Waals surface area contributed by atoms with Crippen LogP contribution >= 0.6 is 0 Å². The van der Waals surface area contributed by atoms with Crippen LogP contribution in [-0.4, -0.2) is 23.9 Å². The molecule has 0 bridgehead atoms. The highest BCUT2D eigenvalue weighted by atomic mass is 19.2. The normalized spacial score (nSPS) is 10.8. The number of halogens is 4. The molecule has 0 fully saturated rings. The number of hydrogen-bond acceptors (Lipinski definition) is 3. The molecular formula is C16H15F4NO3. The lowest BCUT2D eigenvalue weighted by Crippen LogP contribution is -2.30. The maximum Gasteiger partial charge on any atom is 0.289 e. The van der Waals surface area contributed by atoms with Crippen molar-refractivity contribution < 1.29 is 31.5 Å². The van der Waals surface area contributed by atoms with E-state index in [1.807, 2.05) is 0 Å². The summed E-state index contributed by atoms with van der Waals surface area (Å²) in [5, 5.41) is 0. The van der Waals surface area contributed by atoms with Crippen LogP contribution in [-0.2, 0) is 6.61 Å². The molecule has 8 heteroatoms. The SMILES string of the molecule is CCN(CC)C(=O)c1ccc(COc2c(F)c(F)cc(F)c2F)o1. The van der Waals surface area contributed by atoms with E-state index in [0.717, 1.165) is 0 Å². The molecule has 0 aliphatic carbocycles. The standard InChI is InChI=1S/C16H15F4NO3/c1-3-21(4-2)16(22)12-6-5-9(24-12)8-23-15-13(19)10(17)7-11(18)14(15)20/h5-7H,3-4,8H2,1-2H3. The minimum Gasteiger partial charge on any atom is -0.479 e. The fourth-order valence-corrected chi connectivity index (χ4v) is 2.06. The van der Waals surface area contributed by atoms with Crippen LogP contribution in [0.25, 0.3) is 0 Å². The lowest BCUT2D eigenvalue weighted by molar-refractivity contribution is 0.0736. The van der Waals surface area contributed by atoms with Gasteiger partial charge in [-0.3, -0.25) is 4.79 Å². The summed E-state index contributed by atoms with van der Waals surface area (Å²) >= 11 is 0. The third-order valence-corrected chi connectivity index (χ3v) is 3.35. The largest absolute Gasteiger partial charge is 0.479 e. The number of furan rings is 1. The van der Waals surface area contributed by atoms with Crippen molar-refractivity contribution >= 4 is 5.91 Å². The van der Waals surface area contributed by atoms with Crippen LogP contribution in [0, 0.1) is 23.3 Å². The van der Waals surface area contributed by atoms with Crippen molar-refractivity contribution in [2.24, 2.45) is 0 Å². The zero-order chi connectivity index (χ0) is 17.9. The maximum atomic E-state index is 13.5. The molecule has 0 aliphatic heterocycles. The zero-order valence-electron chi connectivity index (χ0n) is 13.0. The van der Waals surface area contributed by atoms with Gasteiger partial charge in [-0.1, -0.05) is 0 Å². The molecule has 24 heavy (non-hydrogen) atoms. The van der Waals surface area contributed by atoms with Crippen LogP contribution in [0.15, 0.2) is 22.6 Å². The molecule has 0 saturated carbocycles. The number of hydrogen-bond donors (Lipinski definition) is 0. The van der Waals surface area contributed by atoms with Crippen LogP contribution < -0.4 is 4.74 Å². The molecule has 0 unspecified atom stereocenters. The van der Waals surface area contributed by atoms with Crippen LogP contribution in [0.1, 0.15) is 30.2 Å². The molecule has 2 aromatic rings. The molecule has 4 nitrogen and oxygen atoms in total. The first-order valence-electron chi connectivity index (χ1n) is 7.22. The van der Waals surface area contributed by atoms with Crippen molar-refractivity contribution in [1.29, 1.82) is 0 Å². The van der Waals surface area contributed by atoms with E-state index in [1.165, 1.54) is 17.0 Å². The molecule has 0 N–H and O–H groups in total. The topological polar surface area (TPSA) is 42.7 Å². The number of carbonyl (C=O) groups is 1. The highest BCUT2D eigenvalue weighted by molar-refractivity contribution is 5.91. The van der Waals surface area contributed by atoms with Crippen molar-refractivity contribution in [2.45, 2.75) is 20.5 Å². The second-order valence-electron chi connectivity index (χ2n) is 4.83. The van der Waals surface area contributed by atoms with E-state index in [4.69, 9.17) is 9.15 Å². The first-order chi connectivity index (χ1) is 11.4. The van der Waals surface area contributed by atoms with E-state index in [-0.39, 0.29) is 23.5 Å². The molecule has 0 aliphatic rings. The van der Waals surface area contributed by atoms with Gasteiger partial charge in [0.2, 0.25) is 11.6 Å². The van der Waals surface area contributed by atoms with Crippen molar-refractivity contribution in [3.05, 3.63) is 53.0 Å². The Morgan fingerprint density at radius 3 is 2.21 bits per heavy atom. The van der Waals surface area contributed by atoms with Crippen molar-refractivity contribution in [2.75, 3.05) is 13.1 Å². The fraction of sp³-hybridized carbons (Fsp3) is 0.312. The van der Waals surface area contributed by atoms with Crippen LogP contribution in [0.3, 0.4) is 0 Å². The Kier molecular flexibility index (Phi) is 5.48. The van der Waals surface area contributed by atoms with Crippen LogP contribution in [0.5, 0.6) is 5.75 Å². The molecule has 2 rings (SSSR count). The molecule has 0 saturated heterocycles. The van der Waals surface area contributed by atoms with Gasteiger partial charge < -0.3 is 14.1 Å². The second-order valence-corrected chi connectivity index (χ2v) is 4.83. The van der Waals surface area contributed by atoms with E-state index in [0.29, 0.717) is 13.1 Å². The second kappa shape index (κ2) is 7.37. The fourth-order valence-electron chi connectivity index (χ4n) is 2.06. The molecule has 130 valence electrons. The Balaban J connectivity index is 2.13. The third kappa shape index (κ3) is 3.52. The molecule has 1 aromatic carbocycles. The lowest BCUT2D eigenvalue weighted by Gasteiger charge is -2.16. The molecule has 0 radical (unpaired) electrons. The quantitative estimate of drug-likeness (QED) is 0.589. The molecule has 0 atom stereocenters. The Labute approximate surface area is 135 Å². The van der Waals surface area contributed by atoms with Gasteiger partial charge in [-0.15, -0.1) is 0 Å². The highest BCUT2D eigenvalue weighted by Crippen LogP contribution is 2.27. The van der Waals surface area contributed by atoms with Crippen molar-refractivity contribution in [3.63, 3.8) is 0 Å². The summed E-state index contributed by atoms with van der Waals surface area (Å²) in [6, 6.07) is 2.85. The maximum absolute atomic E-state index is 13.5. The Bertz CT molecular complexity index is 715. The van der Waals surface area contributed by atoms with Gasteiger partial charge >= 0.3 is 0 Å². The van der Waals surface area contributed by atoms with Gasteiger partial charge in [0.25, 0.3) is 5.91 Å². The van der Waals surface area contributed by atoms with Gasteiger partial charge in [0.1, 0.15) is 12.4 Å². The van der Waals surface area contributed by atoms with Gasteiger partial charge in [0, 0.05) is 19.2 Å². The number of nitrogens with zero attached hydrogens (tertiary/aromatic N) is 1. The average Bonchev–Trinajstić information content (AvgIpc) is 3.03. The Hall–Kier alpha value is -2.51. The minimum absolute atomic E-state index is 0.0312. The molecule has 1 amide bonds. The molecule has 1 aromatic heterocycles. The smallest absolute Gasteiger partial charge is 0.289 e. The summed E-state index contributed by atoms with van der Waals surface area (Å²) in [6.45, 7) is 4.08. The monoisotopic (exact) mass is 345 g/mol. The molecule has 1 heterocycles. The van der Waals surface area contributed by atoms with Crippen molar-refractivity contribution in [1.82, 2.24) is 4.90 Å². The summed E-state index contributed by atoms with van der Waals surface area (Å²) in [4.78, 5) is 13.6. The number of benzene rings is 1. The number of carbonyl (C=O) groups excluding carboxylic acids is 1. The number of amides is 1. The lowest BCUT2D eigenvalue weighted by atomic mass is 10.3. The average molecular weight is 345 g/mol. The summed E-state index contributed by atoms with van der Waals surface area (Å²) in [6.07, 6.45) is 0. The predicted octanol–water partition coefficient (Wildman–Crippen LogP) is 3.90. The van der Waals surface area contributed by atoms with Gasteiger partial charge in [-0.2, -0.15) is 8.78 Å². The molecular weight excluding hydrogens is 330 g/mol. The van der Waals surface area contributed by atoms with E-state index >= 15 is 0 Å². The van der Waals surface area contributed by atoms with E-state index < -0.39 is 35.6 Å². The van der Waals surface area contributed by atoms with E-state index in [1.54, 1.807) is 13.8 Å². The van der Waals surface area contributed by atoms with Gasteiger partial charge in [-0.25, -0.2) is 8.78 Å². The van der Waals surface area contributed by atoms with E-state index in [9.17, 15) is 22.4 Å². The van der Waals surface area contributed by atoms with Gasteiger partial charge in [0.05, 0.1) is 0 Å². The summed E-state index contributed by atoms with van der Waals surface area (Å²) < 4.78 is 63.1.